The fourth-order valence-electron chi connectivity index (χ4n) is 1.73. The summed E-state index contributed by atoms with van der Waals surface area (Å²) in [4.78, 5) is 0. The van der Waals surface area contributed by atoms with Crippen LogP contribution in [0.2, 0.25) is 0 Å². The molecule has 0 spiro atoms. The summed E-state index contributed by atoms with van der Waals surface area (Å²) < 4.78 is 40.9. The average Bonchev–Trinajstić information content (AvgIpc) is 2.53. The van der Waals surface area contributed by atoms with Crippen molar-refractivity contribution in [2.24, 2.45) is 0 Å². The van der Waals surface area contributed by atoms with Crippen LogP contribution in [0.1, 0.15) is 11.4 Å². The Morgan fingerprint density at radius 3 is 1.88 bits per heavy atom. The first-order valence-electron chi connectivity index (χ1n) is 4.80. The number of hydrogen-bond donors (Lipinski definition) is 0. The van der Waals surface area contributed by atoms with E-state index in [2.05, 4.69) is 0 Å². The van der Waals surface area contributed by atoms with Crippen LogP contribution in [0.4, 0.5) is 13.2 Å². The molecule has 16 heavy (non-hydrogen) atoms. The van der Waals surface area contributed by atoms with Crippen molar-refractivity contribution in [3.05, 3.63) is 53.1 Å². The van der Waals surface area contributed by atoms with Crippen molar-refractivity contribution >= 4 is 0 Å². The minimum Gasteiger partial charge on any atom is -0.316 e. The van der Waals surface area contributed by atoms with Gasteiger partial charge < -0.3 is 4.57 Å². The van der Waals surface area contributed by atoms with Crippen LogP contribution in [0.25, 0.3) is 5.69 Å². The van der Waals surface area contributed by atoms with E-state index in [0.717, 1.165) is 17.5 Å². The molecule has 0 N–H and O–H groups in total. The van der Waals surface area contributed by atoms with Gasteiger partial charge in [-0.3, -0.25) is 0 Å². The summed E-state index contributed by atoms with van der Waals surface area (Å²) in [7, 11) is 0. The van der Waals surface area contributed by atoms with Crippen molar-refractivity contribution in [1.29, 1.82) is 0 Å². The van der Waals surface area contributed by atoms with Gasteiger partial charge in [0.1, 0.15) is 5.82 Å². The van der Waals surface area contributed by atoms with Crippen LogP contribution in [-0.2, 0) is 0 Å². The van der Waals surface area contributed by atoms with E-state index in [4.69, 9.17) is 0 Å². The fourth-order valence-corrected chi connectivity index (χ4v) is 1.73. The minimum atomic E-state index is -1.18. The van der Waals surface area contributed by atoms with E-state index in [1.54, 1.807) is 26.0 Å². The molecular formula is C12H10F3N. The van der Waals surface area contributed by atoms with Gasteiger partial charge in [0.05, 0.1) is 5.69 Å². The van der Waals surface area contributed by atoms with Crippen LogP contribution in [0.15, 0.2) is 24.3 Å². The molecular weight excluding hydrogens is 215 g/mol. The zero-order valence-corrected chi connectivity index (χ0v) is 8.89. The van der Waals surface area contributed by atoms with Crippen molar-refractivity contribution < 1.29 is 13.2 Å². The Kier molecular flexibility index (Phi) is 2.50. The summed E-state index contributed by atoms with van der Waals surface area (Å²) in [5.74, 6) is -3.01. The number of nitrogens with zero attached hydrogens (tertiary/aromatic N) is 1. The average molecular weight is 225 g/mol. The van der Waals surface area contributed by atoms with Crippen LogP contribution in [0.5, 0.6) is 0 Å². The molecule has 1 nitrogen and oxygen atoms in total. The lowest BCUT2D eigenvalue weighted by molar-refractivity contribution is 0.492. The Morgan fingerprint density at radius 1 is 0.812 bits per heavy atom. The van der Waals surface area contributed by atoms with Gasteiger partial charge in [-0.1, -0.05) is 0 Å². The van der Waals surface area contributed by atoms with Gasteiger partial charge in [0.2, 0.25) is 0 Å². The first-order chi connectivity index (χ1) is 7.50. The van der Waals surface area contributed by atoms with E-state index < -0.39 is 17.5 Å². The maximum absolute atomic E-state index is 13.5. The molecule has 0 amide bonds. The molecule has 1 heterocycles. The topological polar surface area (TPSA) is 4.93 Å². The highest BCUT2D eigenvalue weighted by atomic mass is 19.2. The maximum Gasteiger partial charge on any atom is 0.161 e. The molecule has 0 bridgehead atoms. The molecule has 84 valence electrons. The number of aromatic nitrogens is 1. The smallest absolute Gasteiger partial charge is 0.161 e. The van der Waals surface area contributed by atoms with Crippen molar-refractivity contribution in [2.45, 2.75) is 13.8 Å². The quantitative estimate of drug-likeness (QED) is 0.654. The lowest BCUT2D eigenvalue weighted by atomic mass is 10.2. The molecule has 0 aliphatic rings. The molecule has 0 saturated carbocycles. The van der Waals surface area contributed by atoms with Gasteiger partial charge in [0, 0.05) is 23.5 Å². The monoisotopic (exact) mass is 225 g/mol. The second-order valence-electron chi connectivity index (χ2n) is 3.67. The van der Waals surface area contributed by atoms with Crippen LogP contribution in [-0.4, -0.2) is 4.57 Å². The number of halogens is 3. The van der Waals surface area contributed by atoms with Gasteiger partial charge in [-0.25, -0.2) is 13.2 Å². The maximum atomic E-state index is 13.5. The Bertz CT molecular complexity index is 524. The van der Waals surface area contributed by atoms with Crippen LogP contribution >= 0.6 is 0 Å². The molecule has 0 aliphatic carbocycles. The van der Waals surface area contributed by atoms with Gasteiger partial charge in [-0.05, 0) is 26.0 Å². The lowest BCUT2D eigenvalue weighted by Gasteiger charge is -2.10. The molecule has 0 fully saturated rings. The van der Waals surface area contributed by atoms with Crippen molar-refractivity contribution in [1.82, 2.24) is 4.57 Å². The van der Waals surface area contributed by atoms with Crippen LogP contribution in [0, 0.1) is 31.3 Å². The highest BCUT2D eigenvalue weighted by Gasteiger charge is 2.13. The third kappa shape index (κ3) is 1.60. The van der Waals surface area contributed by atoms with Crippen LogP contribution in [0.3, 0.4) is 0 Å². The number of hydrogen-bond acceptors (Lipinski definition) is 0. The van der Waals surface area contributed by atoms with Gasteiger partial charge in [-0.2, -0.15) is 0 Å². The second-order valence-corrected chi connectivity index (χ2v) is 3.67. The molecule has 4 heteroatoms. The van der Waals surface area contributed by atoms with E-state index >= 15 is 0 Å². The standard InChI is InChI=1S/C12H10F3N/c1-7-3-4-8(2)16(7)12-6-10(14)9(13)5-11(12)15/h3-6H,1-2H3. The van der Waals surface area contributed by atoms with Crippen LogP contribution < -0.4 is 0 Å². The molecule has 2 rings (SSSR count). The molecule has 0 saturated heterocycles. The number of aryl methyl sites for hydroxylation is 2. The van der Waals surface area contributed by atoms with E-state index in [-0.39, 0.29) is 5.69 Å². The SMILES string of the molecule is Cc1ccc(C)n1-c1cc(F)c(F)cc1F. The molecule has 1 aromatic carbocycles. The molecule has 1 aromatic heterocycles. The number of rotatable bonds is 1. The fraction of sp³-hybridized carbons (Fsp3) is 0.167. The first kappa shape index (κ1) is 10.8. The largest absolute Gasteiger partial charge is 0.316 e. The second kappa shape index (κ2) is 3.70. The van der Waals surface area contributed by atoms with Gasteiger partial charge >= 0.3 is 0 Å². The molecule has 0 unspecified atom stereocenters. The van der Waals surface area contributed by atoms with Crippen molar-refractivity contribution in [3.8, 4) is 5.69 Å². The molecule has 0 atom stereocenters. The number of benzene rings is 1. The zero-order chi connectivity index (χ0) is 11.9. The summed E-state index contributed by atoms with van der Waals surface area (Å²) in [6.45, 7) is 3.54. The molecule has 2 aromatic rings. The Hall–Kier alpha value is -1.71. The predicted molar refractivity (Wildman–Crippen MR) is 55.1 cm³/mol. The van der Waals surface area contributed by atoms with Gasteiger partial charge in [-0.15, -0.1) is 0 Å². The van der Waals surface area contributed by atoms with E-state index in [1.807, 2.05) is 0 Å². The molecule has 0 aliphatic heterocycles. The summed E-state index contributed by atoms with van der Waals surface area (Å²) in [6.07, 6.45) is 0. The van der Waals surface area contributed by atoms with Gasteiger partial charge in [0.15, 0.2) is 11.6 Å². The zero-order valence-electron chi connectivity index (χ0n) is 8.89. The van der Waals surface area contributed by atoms with Crippen molar-refractivity contribution in [2.75, 3.05) is 0 Å². The highest BCUT2D eigenvalue weighted by molar-refractivity contribution is 5.39. The Morgan fingerprint density at radius 2 is 1.31 bits per heavy atom. The summed E-state index contributed by atoms with van der Waals surface area (Å²) >= 11 is 0. The van der Waals surface area contributed by atoms with E-state index in [1.165, 1.54) is 4.57 Å². The summed E-state index contributed by atoms with van der Waals surface area (Å²) in [6, 6.07) is 5.00. The van der Waals surface area contributed by atoms with Gasteiger partial charge in [0.25, 0.3) is 0 Å². The van der Waals surface area contributed by atoms with Crippen molar-refractivity contribution in [3.63, 3.8) is 0 Å². The molecule has 0 radical (unpaired) electrons. The Balaban J connectivity index is 2.69. The summed E-state index contributed by atoms with van der Waals surface area (Å²) in [5.41, 5.74) is 1.56. The lowest BCUT2D eigenvalue weighted by Crippen LogP contribution is -2.03. The third-order valence-electron chi connectivity index (χ3n) is 2.50. The first-order valence-corrected chi connectivity index (χ1v) is 4.80. The van der Waals surface area contributed by atoms with E-state index in [9.17, 15) is 13.2 Å². The normalized spacial score (nSPS) is 10.8. The Labute approximate surface area is 91.1 Å². The van der Waals surface area contributed by atoms with E-state index in [0.29, 0.717) is 6.07 Å². The predicted octanol–water partition coefficient (Wildman–Crippen LogP) is 3.51. The minimum absolute atomic E-state index is 0.0268. The third-order valence-corrected chi connectivity index (χ3v) is 2.50. The highest BCUT2D eigenvalue weighted by Crippen LogP contribution is 2.21. The summed E-state index contributed by atoms with van der Waals surface area (Å²) in [5, 5.41) is 0.